The molecule has 0 spiro atoms. The molecule has 1 heterocycles. The van der Waals surface area contributed by atoms with Crippen molar-refractivity contribution >= 4 is 18.0 Å². The van der Waals surface area contributed by atoms with E-state index in [9.17, 15) is 14.4 Å². The van der Waals surface area contributed by atoms with Crippen LogP contribution in [0.3, 0.4) is 0 Å². The zero-order valence-corrected chi connectivity index (χ0v) is 18.3. The second kappa shape index (κ2) is 11.4. The van der Waals surface area contributed by atoms with Crippen LogP contribution in [0.2, 0.25) is 0 Å². The molecule has 1 unspecified atom stereocenters. The van der Waals surface area contributed by atoms with Crippen molar-refractivity contribution < 1.29 is 23.9 Å². The Bertz CT molecular complexity index is 815. The number of azide groups is 1. The van der Waals surface area contributed by atoms with E-state index >= 15 is 0 Å². The van der Waals surface area contributed by atoms with Gasteiger partial charge in [0.2, 0.25) is 5.91 Å². The second-order valence-electron chi connectivity index (χ2n) is 8.57. The number of unbranched alkanes of at least 4 members (excludes halogenated alkanes) is 1. The average molecular weight is 431 g/mol. The van der Waals surface area contributed by atoms with E-state index in [1.54, 1.807) is 20.8 Å². The lowest BCUT2D eigenvalue weighted by molar-refractivity contribution is -0.158. The van der Waals surface area contributed by atoms with Crippen LogP contribution in [0.5, 0.6) is 0 Å². The standard InChI is InChI=1S/C22H30N4O5/c1-22(2,3)31-19(27)14-17(11-7-8-12-24-25-23)20(28)26-18(15-30-21(26)29)13-16-9-5-4-6-10-16/h4-6,9-10,17-18H,7-8,11-15H2,1-3H3/t17-,18?/m1/s1. The molecular formula is C22H30N4O5. The van der Waals surface area contributed by atoms with Crippen LogP contribution in [-0.2, 0) is 25.5 Å². The van der Waals surface area contributed by atoms with Crippen molar-refractivity contribution in [3.8, 4) is 0 Å². The highest BCUT2D eigenvalue weighted by molar-refractivity contribution is 5.96. The van der Waals surface area contributed by atoms with E-state index < -0.39 is 35.5 Å². The number of imide groups is 1. The number of esters is 1. The third kappa shape index (κ3) is 7.94. The quantitative estimate of drug-likeness (QED) is 0.179. The number of carbonyl (C=O) groups is 3. The summed E-state index contributed by atoms with van der Waals surface area (Å²) in [7, 11) is 0. The molecule has 0 N–H and O–H groups in total. The lowest BCUT2D eigenvalue weighted by Gasteiger charge is -2.26. The molecule has 1 aromatic carbocycles. The van der Waals surface area contributed by atoms with E-state index in [2.05, 4.69) is 10.0 Å². The lowest BCUT2D eigenvalue weighted by atomic mass is 9.95. The van der Waals surface area contributed by atoms with Crippen LogP contribution >= 0.6 is 0 Å². The van der Waals surface area contributed by atoms with Crippen molar-refractivity contribution in [3.63, 3.8) is 0 Å². The predicted octanol–water partition coefficient (Wildman–Crippen LogP) is 4.41. The largest absolute Gasteiger partial charge is 0.460 e. The average Bonchev–Trinajstić information content (AvgIpc) is 3.05. The summed E-state index contributed by atoms with van der Waals surface area (Å²) in [6, 6.07) is 9.13. The highest BCUT2D eigenvalue weighted by Crippen LogP contribution is 2.25. The lowest BCUT2D eigenvalue weighted by Crippen LogP contribution is -2.44. The van der Waals surface area contributed by atoms with Gasteiger partial charge < -0.3 is 9.47 Å². The number of carbonyl (C=O) groups excluding carboxylic acids is 3. The van der Waals surface area contributed by atoms with Gasteiger partial charge >= 0.3 is 12.1 Å². The van der Waals surface area contributed by atoms with Crippen LogP contribution < -0.4 is 0 Å². The van der Waals surface area contributed by atoms with Crippen LogP contribution in [0.15, 0.2) is 35.4 Å². The molecule has 168 valence electrons. The molecule has 31 heavy (non-hydrogen) atoms. The Hall–Kier alpha value is -3.06. The first kappa shape index (κ1) is 24.2. The third-order valence-corrected chi connectivity index (χ3v) is 4.82. The van der Waals surface area contributed by atoms with Crippen molar-refractivity contribution in [1.82, 2.24) is 4.90 Å². The minimum Gasteiger partial charge on any atom is -0.460 e. The monoisotopic (exact) mass is 430 g/mol. The Kier molecular flexibility index (Phi) is 8.88. The summed E-state index contributed by atoms with van der Waals surface area (Å²) in [5.74, 6) is -1.64. The van der Waals surface area contributed by atoms with Crippen LogP contribution in [0.4, 0.5) is 4.79 Å². The fourth-order valence-corrected chi connectivity index (χ4v) is 3.48. The first-order valence-corrected chi connectivity index (χ1v) is 10.5. The molecule has 0 radical (unpaired) electrons. The van der Waals surface area contributed by atoms with Crippen LogP contribution in [-0.4, -0.2) is 47.7 Å². The summed E-state index contributed by atoms with van der Waals surface area (Å²) in [4.78, 5) is 41.9. The van der Waals surface area contributed by atoms with E-state index in [4.69, 9.17) is 15.0 Å². The summed E-state index contributed by atoms with van der Waals surface area (Å²) >= 11 is 0. The van der Waals surface area contributed by atoms with E-state index in [1.165, 1.54) is 0 Å². The van der Waals surface area contributed by atoms with E-state index in [0.29, 0.717) is 32.2 Å². The molecule has 0 saturated carbocycles. The first-order chi connectivity index (χ1) is 14.7. The van der Waals surface area contributed by atoms with Gasteiger partial charge in [0.1, 0.15) is 12.2 Å². The number of rotatable bonds is 10. The zero-order chi connectivity index (χ0) is 22.9. The van der Waals surface area contributed by atoms with Crippen LogP contribution in [0.25, 0.3) is 10.4 Å². The number of amides is 2. The van der Waals surface area contributed by atoms with Gasteiger partial charge in [-0.3, -0.25) is 9.59 Å². The molecule has 1 fully saturated rings. The Morgan fingerprint density at radius 3 is 2.65 bits per heavy atom. The number of hydrogen-bond acceptors (Lipinski definition) is 6. The molecule has 1 aliphatic rings. The van der Waals surface area contributed by atoms with Crippen molar-refractivity contribution in [3.05, 3.63) is 46.3 Å². The van der Waals surface area contributed by atoms with Crippen molar-refractivity contribution in [2.75, 3.05) is 13.2 Å². The van der Waals surface area contributed by atoms with Gasteiger partial charge in [-0.2, -0.15) is 0 Å². The van der Waals surface area contributed by atoms with Crippen LogP contribution in [0.1, 0.15) is 52.0 Å². The summed E-state index contributed by atoms with van der Waals surface area (Å²) in [5, 5.41) is 3.49. The third-order valence-electron chi connectivity index (χ3n) is 4.82. The molecule has 2 amide bonds. The Morgan fingerprint density at radius 2 is 2.00 bits per heavy atom. The fraction of sp³-hybridized carbons (Fsp3) is 0.591. The van der Waals surface area contributed by atoms with Gasteiger partial charge in [-0.15, -0.1) is 0 Å². The summed E-state index contributed by atoms with van der Waals surface area (Å²) in [5.41, 5.74) is 8.71. The number of cyclic esters (lactones) is 1. The normalized spacial score (nSPS) is 16.9. The molecule has 9 heteroatoms. The van der Waals surface area contributed by atoms with Crippen molar-refractivity contribution in [2.24, 2.45) is 11.0 Å². The molecule has 9 nitrogen and oxygen atoms in total. The maximum atomic E-state index is 13.3. The number of ether oxygens (including phenoxy) is 2. The fourth-order valence-electron chi connectivity index (χ4n) is 3.48. The van der Waals surface area contributed by atoms with Crippen molar-refractivity contribution in [2.45, 2.75) is 64.5 Å². The predicted molar refractivity (Wildman–Crippen MR) is 114 cm³/mol. The summed E-state index contributed by atoms with van der Waals surface area (Å²) < 4.78 is 10.5. The van der Waals surface area contributed by atoms with Crippen molar-refractivity contribution in [1.29, 1.82) is 0 Å². The van der Waals surface area contributed by atoms with Crippen LogP contribution in [0, 0.1) is 5.92 Å². The molecule has 2 atom stereocenters. The molecule has 1 saturated heterocycles. The minimum atomic E-state index is -0.718. The minimum absolute atomic E-state index is 0.121. The molecule has 2 rings (SSSR count). The molecule has 0 aromatic heterocycles. The van der Waals surface area contributed by atoms with E-state index in [1.807, 2.05) is 30.3 Å². The maximum Gasteiger partial charge on any atom is 0.416 e. The molecule has 0 aliphatic carbocycles. The first-order valence-electron chi connectivity index (χ1n) is 10.5. The maximum absolute atomic E-state index is 13.3. The van der Waals surface area contributed by atoms with Gasteiger partial charge in [0.25, 0.3) is 0 Å². The van der Waals surface area contributed by atoms with Gasteiger partial charge in [-0.1, -0.05) is 41.9 Å². The van der Waals surface area contributed by atoms with Gasteiger partial charge in [0, 0.05) is 17.4 Å². The van der Waals surface area contributed by atoms with Gasteiger partial charge in [0.05, 0.1) is 12.5 Å². The highest BCUT2D eigenvalue weighted by atomic mass is 16.6. The SMILES string of the molecule is CC(C)(C)OC(=O)C[C@@H](CCCCN=[N+]=[N-])C(=O)N1C(=O)OCC1Cc1ccccc1. The summed E-state index contributed by atoms with van der Waals surface area (Å²) in [6.45, 7) is 5.71. The number of nitrogens with zero attached hydrogens (tertiary/aromatic N) is 4. The smallest absolute Gasteiger partial charge is 0.416 e. The molecule has 1 aromatic rings. The van der Waals surface area contributed by atoms with E-state index in [-0.39, 0.29) is 13.0 Å². The van der Waals surface area contributed by atoms with E-state index in [0.717, 1.165) is 10.5 Å². The molecular weight excluding hydrogens is 400 g/mol. The Morgan fingerprint density at radius 1 is 1.29 bits per heavy atom. The Balaban J connectivity index is 2.12. The second-order valence-corrected chi connectivity index (χ2v) is 8.57. The number of hydrogen-bond donors (Lipinski definition) is 0. The zero-order valence-electron chi connectivity index (χ0n) is 18.3. The summed E-state index contributed by atoms with van der Waals surface area (Å²) in [6.07, 6.45) is 1.20. The van der Waals surface area contributed by atoms with Gasteiger partial charge in [0.15, 0.2) is 0 Å². The topological polar surface area (TPSA) is 122 Å². The highest BCUT2D eigenvalue weighted by Gasteiger charge is 2.41. The van der Waals surface area contributed by atoms with Gasteiger partial charge in [-0.25, -0.2) is 9.69 Å². The number of benzene rings is 1. The molecule has 0 bridgehead atoms. The Labute approximate surface area is 182 Å². The molecule has 1 aliphatic heterocycles. The van der Waals surface area contributed by atoms with Gasteiger partial charge in [-0.05, 0) is 51.1 Å².